The highest BCUT2D eigenvalue weighted by atomic mass is 35.5. The number of amides is 1. The minimum absolute atomic E-state index is 0.0108. The number of hydrogen-bond donors (Lipinski definition) is 2. The number of allylic oxidation sites excluding steroid dienone is 3. The molecule has 1 aromatic carbocycles. The first-order chi connectivity index (χ1) is 15.1. The van der Waals surface area contributed by atoms with Gasteiger partial charge in [0, 0.05) is 48.0 Å². The Kier molecular flexibility index (Phi) is 5.98. The Morgan fingerprint density at radius 2 is 1.97 bits per heavy atom. The fourth-order valence-corrected chi connectivity index (χ4v) is 5.12. The highest BCUT2D eigenvalue weighted by molar-refractivity contribution is 6.32. The molecular weight excluding hydrogens is 432 g/mol. The van der Waals surface area contributed by atoms with E-state index in [2.05, 4.69) is 19.2 Å². The zero-order chi connectivity index (χ0) is 23.2. The molecule has 0 unspecified atom stereocenters. The first-order valence-electron chi connectivity index (χ1n) is 10.8. The molecular formula is C24H29ClN2O5. The Bertz CT molecular complexity index is 1040. The summed E-state index contributed by atoms with van der Waals surface area (Å²) in [6.45, 7) is 7.96. The van der Waals surface area contributed by atoms with E-state index >= 15 is 0 Å². The van der Waals surface area contributed by atoms with Crippen LogP contribution in [0.1, 0.15) is 45.1 Å². The summed E-state index contributed by atoms with van der Waals surface area (Å²) < 4.78 is 10.7. The van der Waals surface area contributed by atoms with Gasteiger partial charge in [-0.05, 0) is 36.5 Å². The van der Waals surface area contributed by atoms with Crippen LogP contribution in [0, 0.1) is 5.41 Å². The van der Waals surface area contributed by atoms with Crippen molar-refractivity contribution in [3.8, 4) is 11.5 Å². The van der Waals surface area contributed by atoms with Gasteiger partial charge in [0.1, 0.15) is 0 Å². The summed E-state index contributed by atoms with van der Waals surface area (Å²) in [4.78, 5) is 28.9. The molecule has 0 radical (unpaired) electrons. The lowest BCUT2D eigenvalue weighted by Crippen LogP contribution is -2.45. The van der Waals surface area contributed by atoms with Crippen LogP contribution < -0.4 is 10.1 Å². The highest BCUT2D eigenvalue weighted by Gasteiger charge is 2.44. The van der Waals surface area contributed by atoms with Crippen LogP contribution in [0.3, 0.4) is 0 Å². The number of dihydropyridines is 1. The van der Waals surface area contributed by atoms with Crippen LogP contribution in [0.2, 0.25) is 5.02 Å². The van der Waals surface area contributed by atoms with Crippen LogP contribution in [0.4, 0.5) is 0 Å². The van der Waals surface area contributed by atoms with E-state index in [0.717, 1.165) is 11.4 Å². The largest absolute Gasteiger partial charge is 0.503 e. The van der Waals surface area contributed by atoms with Crippen molar-refractivity contribution in [3.05, 3.63) is 45.3 Å². The molecule has 1 aromatic rings. The number of carbonyl (C=O) groups is 2. The molecule has 1 aliphatic carbocycles. The minimum Gasteiger partial charge on any atom is -0.503 e. The third-order valence-electron chi connectivity index (χ3n) is 6.37. The lowest BCUT2D eigenvalue weighted by Gasteiger charge is -2.41. The predicted octanol–water partition coefficient (Wildman–Crippen LogP) is 3.52. The number of carbonyl (C=O) groups excluding carboxylic acids is 2. The van der Waals surface area contributed by atoms with Crippen molar-refractivity contribution < 1.29 is 24.2 Å². The van der Waals surface area contributed by atoms with Crippen LogP contribution in [-0.4, -0.2) is 55.1 Å². The molecule has 4 rings (SSSR count). The molecule has 1 fully saturated rings. The van der Waals surface area contributed by atoms with Crippen molar-refractivity contribution in [3.63, 3.8) is 0 Å². The van der Waals surface area contributed by atoms with Gasteiger partial charge in [0.05, 0.1) is 25.3 Å². The second-order valence-electron chi connectivity index (χ2n) is 9.39. The van der Waals surface area contributed by atoms with Gasteiger partial charge in [-0.3, -0.25) is 9.59 Å². The molecule has 1 saturated heterocycles. The molecule has 0 spiro atoms. The van der Waals surface area contributed by atoms with Crippen molar-refractivity contribution in [2.75, 3.05) is 33.4 Å². The number of methoxy groups -OCH3 is 1. The Labute approximate surface area is 193 Å². The fraction of sp³-hybridized carbons (Fsp3) is 0.500. The van der Waals surface area contributed by atoms with Gasteiger partial charge in [0.2, 0.25) is 0 Å². The summed E-state index contributed by atoms with van der Waals surface area (Å²) in [7, 11) is 1.44. The number of ketones is 1. The number of Topliss-reactive ketones (excluding diaryl/α,β-unsaturated/α-hetero) is 1. The van der Waals surface area contributed by atoms with E-state index in [1.54, 1.807) is 17.0 Å². The van der Waals surface area contributed by atoms with E-state index in [9.17, 15) is 14.7 Å². The third-order valence-corrected chi connectivity index (χ3v) is 6.66. The molecule has 1 atom stereocenters. The molecule has 32 heavy (non-hydrogen) atoms. The molecule has 0 bridgehead atoms. The molecule has 3 aliphatic rings. The fourth-order valence-electron chi connectivity index (χ4n) is 4.91. The quantitative estimate of drug-likeness (QED) is 0.717. The van der Waals surface area contributed by atoms with Gasteiger partial charge in [0.25, 0.3) is 5.91 Å². The monoisotopic (exact) mass is 460 g/mol. The molecule has 8 heteroatoms. The number of nitrogens with one attached hydrogen (secondary N) is 1. The summed E-state index contributed by atoms with van der Waals surface area (Å²) in [6, 6.07) is 3.28. The molecule has 7 nitrogen and oxygen atoms in total. The molecule has 2 aliphatic heterocycles. The second kappa shape index (κ2) is 8.45. The smallest absolute Gasteiger partial charge is 0.252 e. The Balaban J connectivity index is 1.89. The topological polar surface area (TPSA) is 88.1 Å². The lowest BCUT2D eigenvalue weighted by molar-refractivity contribution is -0.131. The molecule has 2 N–H and O–H groups in total. The number of phenolic OH excluding ortho intramolecular Hbond substituents is 1. The van der Waals surface area contributed by atoms with Crippen molar-refractivity contribution in [2.45, 2.75) is 39.5 Å². The van der Waals surface area contributed by atoms with Crippen molar-refractivity contribution in [1.29, 1.82) is 0 Å². The number of rotatable bonds is 3. The first-order valence-corrected chi connectivity index (χ1v) is 11.2. The van der Waals surface area contributed by atoms with Gasteiger partial charge in [-0.15, -0.1) is 0 Å². The molecule has 1 amide bonds. The summed E-state index contributed by atoms with van der Waals surface area (Å²) in [6.07, 6.45) is 1.09. The summed E-state index contributed by atoms with van der Waals surface area (Å²) in [5.74, 6) is -0.684. The number of halogens is 1. The first kappa shape index (κ1) is 22.7. The lowest BCUT2D eigenvalue weighted by atomic mass is 9.68. The zero-order valence-electron chi connectivity index (χ0n) is 18.9. The van der Waals surface area contributed by atoms with E-state index < -0.39 is 5.92 Å². The standard InChI is InChI=1S/C24H29ClN2O5/c1-13-19(23(30)27-5-7-32-8-6-27)20(14-9-15(25)22(29)18(10-14)31-4)21-16(26-13)11-24(2,3)12-17(21)28/h9-10,20,26,29H,5-8,11-12H2,1-4H3/t20-/m1/s1. The number of benzene rings is 1. The number of ether oxygens (including phenoxy) is 2. The van der Waals surface area contributed by atoms with Gasteiger partial charge in [0.15, 0.2) is 17.3 Å². The Morgan fingerprint density at radius 3 is 2.62 bits per heavy atom. The van der Waals surface area contributed by atoms with E-state index in [0.29, 0.717) is 55.9 Å². The summed E-state index contributed by atoms with van der Waals surface area (Å²) >= 11 is 6.31. The number of nitrogens with zero attached hydrogens (tertiary/aromatic N) is 1. The predicted molar refractivity (Wildman–Crippen MR) is 121 cm³/mol. The highest BCUT2D eigenvalue weighted by Crippen LogP contribution is 2.49. The van der Waals surface area contributed by atoms with Crippen molar-refractivity contribution >= 4 is 23.3 Å². The Morgan fingerprint density at radius 1 is 1.28 bits per heavy atom. The number of hydrogen-bond acceptors (Lipinski definition) is 6. The van der Waals surface area contributed by atoms with Gasteiger partial charge in [-0.2, -0.15) is 0 Å². The summed E-state index contributed by atoms with van der Waals surface area (Å²) in [5.41, 5.74) is 3.14. The van der Waals surface area contributed by atoms with Gasteiger partial charge in [-0.25, -0.2) is 0 Å². The second-order valence-corrected chi connectivity index (χ2v) is 9.80. The SMILES string of the molecule is COc1cc([C@@H]2C(C(=O)N3CCOCC3)=C(C)NC3=C2C(=O)CC(C)(C)C3)cc(Cl)c1O. The van der Waals surface area contributed by atoms with Crippen molar-refractivity contribution in [1.82, 2.24) is 10.2 Å². The van der Waals surface area contributed by atoms with E-state index in [-0.39, 0.29) is 33.6 Å². The zero-order valence-corrected chi connectivity index (χ0v) is 19.6. The van der Waals surface area contributed by atoms with Crippen LogP contribution in [0.15, 0.2) is 34.7 Å². The van der Waals surface area contributed by atoms with E-state index in [1.807, 2.05) is 6.92 Å². The number of phenols is 1. The maximum absolute atomic E-state index is 13.7. The molecule has 172 valence electrons. The maximum Gasteiger partial charge on any atom is 0.252 e. The van der Waals surface area contributed by atoms with Crippen LogP contribution in [0.25, 0.3) is 0 Å². The molecule has 0 aromatic heterocycles. The number of morpholine rings is 1. The minimum atomic E-state index is -0.600. The average molecular weight is 461 g/mol. The van der Waals surface area contributed by atoms with Gasteiger partial charge >= 0.3 is 0 Å². The Hall–Kier alpha value is -2.51. The van der Waals surface area contributed by atoms with E-state index in [4.69, 9.17) is 21.1 Å². The van der Waals surface area contributed by atoms with E-state index in [1.165, 1.54) is 7.11 Å². The number of aromatic hydroxyl groups is 1. The van der Waals surface area contributed by atoms with Crippen LogP contribution in [-0.2, 0) is 14.3 Å². The average Bonchev–Trinajstić information content (AvgIpc) is 2.74. The normalized spacial score (nSPS) is 23.1. The van der Waals surface area contributed by atoms with Crippen LogP contribution in [0.5, 0.6) is 11.5 Å². The third kappa shape index (κ3) is 3.99. The van der Waals surface area contributed by atoms with Crippen LogP contribution >= 0.6 is 11.6 Å². The van der Waals surface area contributed by atoms with Gasteiger partial charge < -0.3 is 24.8 Å². The molecule has 2 heterocycles. The summed E-state index contributed by atoms with van der Waals surface area (Å²) in [5, 5.41) is 13.7. The van der Waals surface area contributed by atoms with Gasteiger partial charge in [-0.1, -0.05) is 25.4 Å². The maximum atomic E-state index is 13.7. The van der Waals surface area contributed by atoms with Crippen molar-refractivity contribution in [2.24, 2.45) is 5.41 Å². The molecule has 0 saturated carbocycles.